The summed E-state index contributed by atoms with van der Waals surface area (Å²) in [6.45, 7) is 1.74. The molecule has 2 aliphatic heterocycles. The van der Waals surface area contributed by atoms with Crippen molar-refractivity contribution in [3.05, 3.63) is 65.2 Å². The molecule has 2 aromatic rings. The minimum Gasteiger partial charge on any atom is -0.319 e. The van der Waals surface area contributed by atoms with E-state index in [1.54, 1.807) is 4.90 Å². The third-order valence-corrected chi connectivity index (χ3v) is 6.19. The third kappa shape index (κ3) is 2.24. The maximum absolute atomic E-state index is 13.3. The summed E-state index contributed by atoms with van der Waals surface area (Å²) in [6, 6.07) is 15.0. The smallest absolute Gasteiger partial charge is 0.319 e. The Bertz CT molecular complexity index is 1020. The van der Waals surface area contributed by atoms with Crippen molar-refractivity contribution in [2.45, 2.75) is 37.8 Å². The zero-order chi connectivity index (χ0) is 19.5. The highest BCUT2D eigenvalue weighted by Crippen LogP contribution is 2.41. The second-order valence-corrected chi connectivity index (χ2v) is 7.83. The van der Waals surface area contributed by atoms with Gasteiger partial charge in [0.25, 0.3) is 5.91 Å². The van der Waals surface area contributed by atoms with Crippen molar-refractivity contribution < 1.29 is 14.4 Å². The number of carbonyl (C=O) groups is 3. The van der Waals surface area contributed by atoms with Crippen LogP contribution in [-0.4, -0.2) is 35.3 Å². The van der Waals surface area contributed by atoms with Crippen molar-refractivity contribution in [3.8, 4) is 0 Å². The lowest BCUT2D eigenvalue weighted by Gasteiger charge is -2.25. The quantitative estimate of drug-likeness (QED) is 0.820. The van der Waals surface area contributed by atoms with Crippen LogP contribution in [0.3, 0.4) is 0 Å². The van der Waals surface area contributed by atoms with Crippen LogP contribution >= 0.6 is 0 Å². The second kappa shape index (κ2) is 5.92. The van der Waals surface area contributed by atoms with Gasteiger partial charge in [-0.25, -0.2) is 4.79 Å². The Kier molecular flexibility index (Phi) is 3.59. The van der Waals surface area contributed by atoms with Crippen LogP contribution in [0.2, 0.25) is 0 Å². The van der Waals surface area contributed by atoms with Crippen molar-refractivity contribution in [2.24, 2.45) is 0 Å². The van der Waals surface area contributed by atoms with Gasteiger partial charge in [-0.3, -0.25) is 14.5 Å². The first-order valence-electron chi connectivity index (χ1n) is 9.64. The number of hydrogen-bond acceptors (Lipinski definition) is 3. The molecule has 1 spiro atoms. The maximum atomic E-state index is 13.3. The molecule has 2 atom stereocenters. The first kappa shape index (κ1) is 17.0. The van der Waals surface area contributed by atoms with Crippen LogP contribution in [0.15, 0.2) is 48.5 Å². The SMILES string of the molecule is CC1Cc2ccccc2N1C(=O)CN1C(=O)NC2(CCc3ccccc32)C1=O. The van der Waals surface area contributed by atoms with Crippen LogP contribution in [0, 0.1) is 0 Å². The predicted molar refractivity (Wildman–Crippen MR) is 104 cm³/mol. The molecule has 0 bridgehead atoms. The van der Waals surface area contributed by atoms with E-state index in [4.69, 9.17) is 0 Å². The highest BCUT2D eigenvalue weighted by molar-refractivity contribution is 6.11. The number of para-hydroxylation sites is 1. The monoisotopic (exact) mass is 375 g/mol. The molecule has 6 heteroatoms. The Morgan fingerprint density at radius 2 is 1.82 bits per heavy atom. The van der Waals surface area contributed by atoms with Crippen molar-refractivity contribution in [1.82, 2.24) is 10.2 Å². The maximum Gasteiger partial charge on any atom is 0.325 e. The van der Waals surface area contributed by atoms with Gasteiger partial charge < -0.3 is 10.2 Å². The molecule has 1 aliphatic carbocycles. The van der Waals surface area contributed by atoms with Gasteiger partial charge in [-0.05, 0) is 48.9 Å². The lowest BCUT2D eigenvalue weighted by Crippen LogP contribution is -2.46. The number of urea groups is 1. The molecule has 1 fully saturated rings. The van der Waals surface area contributed by atoms with Gasteiger partial charge in [-0.1, -0.05) is 42.5 Å². The van der Waals surface area contributed by atoms with E-state index in [2.05, 4.69) is 5.32 Å². The summed E-state index contributed by atoms with van der Waals surface area (Å²) in [4.78, 5) is 41.8. The van der Waals surface area contributed by atoms with Gasteiger partial charge in [-0.2, -0.15) is 0 Å². The van der Waals surface area contributed by atoms with Gasteiger partial charge in [0.2, 0.25) is 5.91 Å². The highest BCUT2D eigenvalue weighted by Gasteiger charge is 2.55. The van der Waals surface area contributed by atoms with Gasteiger partial charge in [0.1, 0.15) is 12.1 Å². The Morgan fingerprint density at radius 1 is 1.11 bits per heavy atom. The van der Waals surface area contributed by atoms with Gasteiger partial charge >= 0.3 is 6.03 Å². The summed E-state index contributed by atoms with van der Waals surface area (Å²) in [5, 5.41) is 2.88. The zero-order valence-electron chi connectivity index (χ0n) is 15.6. The number of nitrogens with one attached hydrogen (secondary N) is 1. The van der Waals surface area contributed by atoms with E-state index in [1.165, 1.54) is 0 Å². The number of amides is 4. The number of nitrogens with zero attached hydrogens (tertiary/aromatic N) is 2. The first-order valence-corrected chi connectivity index (χ1v) is 9.64. The number of anilines is 1. The molecule has 1 saturated heterocycles. The van der Waals surface area contributed by atoms with E-state index >= 15 is 0 Å². The molecular weight excluding hydrogens is 354 g/mol. The molecule has 4 amide bonds. The van der Waals surface area contributed by atoms with Gasteiger partial charge in [0.15, 0.2) is 0 Å². The van der Waals surface area contributed by atoms with Gasteiger partial charge in [-0.15, -0.1) is 0 Å². The molecule has 6 nitrogen and oxygen atoms in total. The number of rotatable bonds is 2. The van der Waals surface area contributed by atoms with E-state index < -0.39 is 11.6 Å². The number of carbonyl (C=O) groups excluding carboxylic acids is 3. The van der Waals surface area contributed by atoms with Crippen LogP contribution < -0.4 is 10.2 Å². The summed E-state index contributed by atoms with van der Waals surface area (Å²) in [6.07, 6.45) is 2.05. The molecule has 0 aromatic heterocycles. The lowest BCUT2D eigenvalue weighted by molar-refractivity contribution is -0.134. The van der Waals surface area contributed by atoms with Crippen LogP contribution in [0.1, 0.15) is 30.0 Å². The standard InChI is InChI=1S/C22H21N3O3/c1-14-12-16-7-3-5-9-18(16)25(14)19(26)13-24-20(27)22(23-21(24)28)11-10-15-6-2-4-8-17(15)22/h2-9,14H,10-13H2,1H3,(H,23,28). The first-order chi connectivity index (χ1) is 13.5. The average Bonchev–Trinajstić information content (AvgIpc) is 3.30. The fourth-order valence-corrected chi connectivity index (χ4v) is 4.89. The minimum absolute atomic E-state index is 0.00633. The molecule has 28 heavy (non-hydrogen) atoms. The number of aryl methyl sites for hydroxylation is 1. The van der Waals surface area contributed by atoms with Crippen molar-refractivity contribution in [3.63, 3.8) is 0 Å². The number of hydrogen-bond donors (Lipinski definition) is 1. The second-order valence-electron chi connectivity index (χ2n) is 7.83. The molecule has 1 N–H and O–H groups in total. The summed E-state index contributed by atoms with van der Waals surface area (Å²) >= 11 is 0. The molecule has 2 aromatic carbocycles. The molecule has 0 radical (unpaired) electrons. The summed E-state index contributed by atoms with van der Waals surface area (Å²) in [7, 11) is 0. The van der Waals surface area contributed by atoms with Gasteiger partial charge in [0.05, 0.1) is 0 Å². The van der Waals surface area contributed by atoms with Crippen molar-refractivity contribution in [2.75, 3.05) is 11.4 Å². The summed E-state index contributed by atoms with van der Waals surface area (Å²) in [5.74, 6) is -0.555. The minimum atomic E-state index is -1.03. The normalized spacial score (nSPS) is 25.2. The summed E-state index contributed by atoms with van der Waals surface area (Å²) < 4.78 is 0. The third-order valence-electron chi connectivity index (χ3n) is 6.19. The molecule has 2 unspecified atom stereocenters. The fourth-order valence-electron chi connectivity index (χ4n) is 4.89. The van der Waals surface area contributed by atoms with E-state index in [-0.39, 0.29) is 24.4 Å². The van der Waals surface area contributed by atoms with Crippen LogP contribution in [0.4, 0.5) is 10.5 Å². The number of imide groups is 1. The van der Waals surface area contributed by atoms with E-state index in [0.717, 1.165) is 40.1 Å². The average molecular weight is 375 g/mol. The number of fused-ring (bicyclic) bond motifs is 3. The van der Waals surface area contributed by atoms with Crippen LogP contribution in [-0.2, 0) is 28.0 Å². The van der Waals surface area contributed by atoms with Crippen molar-refractivity contribution in [1.29, 1.82) is 0 Å². The molecular formula is C22H21N3O3. The molecule has 142 valence electrons. The zero-order valence-corrected chi connectivity index (χ0v) is 15.6. The highest BCUT2D eigenvalue weighted by atomic mass is 16.2. The van der Waals surface area contributed by atoms with Crippen LogP contribution in [0.25, 0.3) is 0 Å². The van der Waals surface area contributed by atoms with Gasteiger partial charge in [0, 0.05) is 11.7 Å². The fraction of sp³-hybridized carbons (Fsp3) is 0.318. The topological polar surface area (TPSA) is 69.7 Å². The van der Waals surface area contributed by atoms with E-state index in [1.807, 2.05) is 55.5 Å². The molecule has 0 saturated carbocycles. The Morgan fingerprint density at radius 3 is 2.64 bits per heavy atom. The molecule has 2 heterocycles. The molecule has 5 rings (SSSR count). The Labute approximate surface area is 163 Å². The van der Waals surface area contributed by atoms with E-state index in [0.29, 0.717) is 6.42 Å². The summed E-state index contributed by atoms with van der Waals surface area (Å²) in [5.41, 5.74) is 2.88. The lowest BCUT2D eigenvalue weighted by atomic mass is 9.92. The Balaban J connectivity index is 1.42. The largest absolute Gasteiger partial charge is 0.325 e. The van der Waals surface area contributed by atoms with Crippen LogP contribution in [0.5, 0.6) is 0 Å². The van der Waals surface area contributed by atoms with Crippen molar-refractivity contribution >= 4 is 23.5 Å². The van der Waals surface area contributed by atoms with E-state index in [9.17, 15) is 14.4 Å². The molecule has 3 aliphatic rings. The number of benzene rings is 2. The Hall–Kier alpha value is -3.15. The predicted octanol–water partition coefficient (Wildman–Crippen LogP) is 2.36.